The van der Waals surface area contributed by atoms with E-state index in [9.17, 15) is 0 Å². The highest BCUT2D eigenvalue weighted by Gasteiger charge is 2.51. The third-order valence-electron chi connectivity index (χ3n) is 13.3. The number of fused-ring (bicyclic) bond motifs is 14. The first-order valence-corrected chi connectivity index (χ1v) is 20.7. The molecule has 0 fully saturated rings. The Kier molecular flexibility index (Phi) is 7.59. The summed E-state index contributed by atoms with van der Waals surface area (Å²) in [5.74, 6) is 2.23. The van der Waals surface area contributed by atoms with Crippen LogP contribution >= 0.6 is 0 Å². The van der Waals surface area contributed by atoms with Crippen LogP contribution in [0.4, 0.5) is 0 Å². The molecule has 1 aliphatic heterocycles. The average molecular weight is 757 g/mol. The van der Waals surface area contributed by atoms with E-state index >= 15 is 0 Å². The zero-order valence-corrected chi connectivity index (χ0v) is 32.7. The molecule has 2 heterocycles. The largest absolute Gasteiger partial charge is 0.457 e. The van der Waals surface area contributed by atoms with Crippen molar-refractivity contribution in [3.05, 3.63) is 239 Å². The number of benzene rings is 9. The summed E-state index contributed by atoms with van der Waals surface area (Å²) in [6.07, 6.45) is 0.871. The Balaban J connectivity index is 1.05. The van der Waals surface area contributed by atoms with Crippen molar-refractivity contribution < 1.29 is 9.15 Å². The monoisotopic (exact) mass is 756 g/mol. The molecular formula is C57H40O2. The molecule has 0 saturated carbocycles. The van der Waals surface area contributed by atoms with E-state index in [1.54, 1.807) is 0 Å². The van der Waals surface area contributed by atoms with Crippen LogP contribution in [0.2, 0.25) is 0 Å². The van der Waals surface area contributed by atoms with Crippen LogP contribution < -0.4 is 4.74 Å². The van der Waals surface area contributed by atoms with E-state index in [4.69, 9.17) is 9.15 Å². The minimum atomic E-state index is -0.540. The Morgan fingerprint density at radius 1 is 0.458 bits per heavy atom. The SMILES string of the molecule is CC(c1ccc2oc3ccccc3c2c1)C(Cc1ccc2c(c1)C1(c3ccccc3Oc3ccccc31)c1ccc3ccccc3c1-2)c1ccc(-c2ccccc2)cc1. The minimum absolute atomic E-state index is 0.198. The molecule has 10 aromatic rings. The van der Waals surface area contributed by atoms with Crippen molar-refractivity contribution in [3.8, 4) is 33.8 Å². The summed E-state index contributed by atoms with van der Waals surface area (Å²) in [5.41, 5.74) is 15.4. The molecule has 2 unspecified atom stereocenters. The van der Waals surface area contributed by atoms with Crippen LogP contribution in [0.3, 0.4) is 0 Å². The summed E-state index contributed by atoms with van der Waals surface area (Å²) in [4.78, 5) is 0. The lowest BCUT2D eigenvalue weighted by Gasteiger charge is -2.39. The molecular weight excluding hydrogens is 717 g/mol. The first-order chi connectivity index (χ1) is 29.1. The summed E-state index contributed by atoms with van der Waals surface area (Å²) in [5, 5.41) is 4.87. The quantitative estimate of drug-likeness (QED) is 0.169. The van der Waals surface area contributed by atoms with E-state index in [1.807, 2.05) is 6.07 Å². The molecule has 0 N–H and O–H groups in total. The predicted molar refractivity (Wildman–Crippen MR) is 242 cm³/mol. The lowest BCUT2D eigenvalue weighted by Crippen LogP contribution is -2.32. The van der Waals surface area contributed by atoms with Crippen molar-refractivity contribution in [1.29, 1.82) is 0 Å². The maximum Gasteiger partial charge on any atom is 0.135 e. The highest BCUT2D eigenvalue weighted by Crippen LogP contribution is 2.63. The normalized spacial score (nSPS) is 14.4. The van der Waals surface area contributed by atoms with E-state index in [2.05, 4.69) is 201 Å². The molecule has 9 aromatic carbocycles. The van der Waals surface area contributed by atoms with Crippen LogP contribution in [0.15, 0.2) is 205 Å². The van der Waals surface area contributed by atoms with Gasteiger partial charge in [0.1, 0.15) is 22.7 Å². The van der Waals surface area contributed by atoms with Gasteiger partial charge in [-0.05, 0) is 109 Å². The summed E-state index contributed by atoms with van der Waals surface area (Å²) in [6, 6.07) is 73.4. The second-order valence-corrected chi connectivity index (χ2v) is 16.4. The van der Waals surface area contributed by atoms with Crippen LogP contribution in [0.1, 0.15) is 57.7 Å². The third-order valence-corrected chi connectivity index (χ3v) is 13.3. The standard InChI is InChI=1S/C57H40O2/c1-36(42-29-32-53-47(35-42)44-17-7-10-20-52(44)58-53)46(41-26-24-39(25-27-41)38-13-3-2-4-14-38)33-37-23-30-45-51(34-37)57(50-31-28-40-15-5-6-16-43(40)56(45)50)48-18-8-11-21-54(48)59-55-22-12-9-19-49(55)57/h2-32,34-36,46H,33H2,1H3. The predicted octanol–water partition coefficient (Wildman–Crippen LogP) is 15.0. The van der Waals surface area contributed by atoms with Crippen molar-refractivity contribution >= 4 is 32.7 Å². The van der Waals surface area contributed by atoms with E-state index in [0.29, 0.717) is 0 Å². The molecule has 0 radical (unpaired) electrons. The fraction of sp³-hybridized carbons (Fsp3) is 0.0877. The fourth-order valence-corrected chi connectivity index (χ4v) is 10.5. The lowest BCUT2D eigenvalue weighted by atomic mass is 9.65. The number of hydrogen-bond donors (Lipinski definition) is 0. The highest BCUT2D eigenvalue weighted by atomic mass is 16.5. The van der Waals surface area contributed by atoms with Gasteiger partial charge in [0, 0.05) is 21.9 Å². The first kappa shape index (κ1) is 33.9. The van der Waals surface area contributed by atoms with Crippen LogP contribution in [-0.4, -0.2) is 0 Å². The molecule has 2 nitrogen and oxygen atoms in total. The van der Waals surface area contributed by atoms with Gasteiger partial charge in [-0.1, -0.05) is 177 Å². The van der Waals surface area contributed by atoms with Gasteiger partial charge in [0.2, 0.25) is 0 Å². The van der Waals surface area contributed by atoms with Gasteiger partial charge < -0.3 is 9.15 Å². The van der Waals surface area contributed by atoms with Gasteiger partial charge in [-0.25, -0.2) is 0 Å². The molecule has 1 aliphatic carbocycles. The number of rotatable bonds is 6. The molecule has 0 bridgehead atoms. The van der Waals surface area contributed by atoms with Crippen molar-refractivity contribution in [1.82, 2.24) is 0 Å². The summed E-state index contributed by atoms with van der Waals surface area (Å²) in [7, 11) is 0. The van der Waals surface area contributed by atoms with Gasteiger partial charge in [-0.15, -0.1) is 0 Å². The molecule has 59 heavy (non-hydrogen) atoms. The smallest absolute Gasteiger partial charge is 0.135 e. The van der Waals surface area contributed by atoms with Gasteiger partial charge >= 0.3 is 0 Å². The molecule has 2 atom stereocenters. The topological polar surface area (TPSA) is 22.4 Å². The number of hydrogen-bond acceptors (Lipinski definition) is 2. The molecule has 0 amide bonds. The molecule has 12 rings (SSSR count). The lowest BCUT2D eigenvalue weighted by molar-refractivity contribution is 0.436. The Hall–Kier alpha value is -7.16. The minimum Gasteiger partial charge on any atom is -0.457 e. The van der Waals surface area contributed by atoms with E-state index in [1.165, 1.54) is 77.4 Å². The van der Waals surface area contributed by atoms with E-state index < -0.39 is 5.41 Å². The van der Waals surface area contributed by atoms with Crippen molar-refractivity contribution in [2.24, 2.45) is 0 Å². The Morgan fingerprint density at radius 3 is 1.90 bits per heavy atom. The second kappa shape index (κ2) is 13.2. The third kappa shape index (κ3) is 5.12. The van der Waals surface area contributed by atoms with Gasteiger partial charge in [0.05, 0.1) is 5.41 Å². The highest BCUT2D eigenvalue weighted by molar-refractivity contribution is 6.06. The zero-order chi connectivity index (χ0) is 39.1. The first-order valence-electron chi connectivity index (χ1n) is 20.7. The van der Waals surface area contributed by atoms with Crippen LogP contribution in [0.5, 0.6) is 11.5 Å². The van der Waals surface area contributed by atoms with Crippen molar-refractivity contribution in [3.63, 3.8) is 0 Å². The molecule has 2 aliphatic rings. The average Bonchev–Trinajstić information content (AvgIpc) is 3.82. The van der Waals surface area contributed by atoms with Crippen LogP contribution in [-0.2, 0) is 11.8 Å². The van der Waals surface area contributed by atoms with E-state index in [-0.39, 0.29) is 11.8 Å². The number of para-hydroxylation sites is 3. The van der Waals surface area contributed by atoms with Crippen molar-refractivity contribution in [2.45, 2.75) is 30.6 Å². The number of furan rings is 1. The molecule has 0 saturated heterocycles. The van der Waals surface area contributed by atoms with Gasteiger partial charge in [0.25, 0.3) is 0 Å². The number of ether oxygens (including phenoxy) is 1. The summed E-state index contributed by atoms with van der Waals surface area (Å²) >= 11 is 0. The van der Waals surface area contributed by atoms with Crippen LogP contribution in [0.25, 0.3) is 55.0 Å². The summed E-state index contributed by atoms with van der Waals surface area (Å²) in [6.45, 7) is 2.40. The maximum absolute atomic E-state index is 6.70. The molecule has 2 heteroatoms. The van der Waals surface area contributed by atoms with Gasteiger partial charge in [-0.2, -0.15) is 0 Å². The maximum atomic E-state index is 6.70. The molecule has 1 spiro atoms. The van der Waals surface area contributed by atoms with E-state index in [0.717, 1.165) is 34.5 Å². The molecule has 280 valence electrons. The van der Waals surface area contributed by atoms with Gasteiger partial charge in [-0.3, -0.25) is 0 Å². The fourth-order valence-electron chi connectivity index (χ4n) is 10.5. The van der Waals surface area contributed by atoms with Gasteiger partial charge in [0.15, 0.2) is 0 Å². The Morgan fingerprint density at radius 2 is 1.10 bits per heavy atom. The van der Waals surface area contributed by atoms with Crippen molar-refractivity contribution in [2.75, 3.05) is 0 Å². The molecule has 1 aromatic heterocycles. The van der Waals surface area contributed by atoms with Crippen LogP contribution in [0, 0.1) is 0 Å². The zero-order valence-electron chi connectivity index (χ0n) is 32.7. The Labute approximate surface area is 344 Å². The Bertz CT molecular complexity index is 3200. The summed E-state index contributed by atoms with van der Waals surface area (Å²) < 4.78 is 13.0. The second-order valence-electron chi connectivity index (χ2n) is 16.4.